The standard InChI is InChI=1S/C42H62O8S/c1-37(2,3)28-17-23(18-29(35(28)47)38(4,5)6)26(21-33(43)44)25-13-16-42(50)41(49,15-14-32(25)51-42)27(22-34(45)46)24-19-30(39(7,8)9)36(48)31(20-24)40(10,11)12/h17-20,25-27,32,47-50H,13-16,21-22H2,1-12H3,(H,43,44)(H,45,46). The van der Waals surface area contributed by atoms with Crippen LogP contribution in [0.2, 0.25) is 0 Å². The molecule has 0 radical (unpaired) electrons. The molecule has 2 aliphatic rings. The number of carboxylic acids is 2. The van der Waals surface area contributed by atoms with E-state index in [1.54, 1.807) is 12.1 Å². The highest BCUT2D eigenvalue weighted by molar-refractivity contribution is 8.01. The molecule has 0 spiro atoms. The molecular weight excluding hydrogens is 665 g/mol. The number of phenolic OH excluding ortho intramolecular Hbond substituents is 2. The fraction of sp³-hybridized carbons (Fsp3) is 0.667. The number of rotatable bonds is 8. The average Bonchev–Trinajstić information content (AvgIpc) is 2.95. The van der Waals surface area contributed by atoms with Gasteiger partial charge in [0.05, 0.1) is 12.8 Å². The van der Waals surface area contributed by atoms with Crippen molar-refractivity contribution in [1.29, 1.82) is 0 Å². The number of hydrogen-bond donors (Lipinski definition) is 6. The topological polar surface area (TPSA) is 156 Å². The van der Waals surface area contributed by atoms with Crippen molar-refractivity contribution in [1.82, 2.24) is 0 Å². The van der Waals surface area contributed by atoms with E-state index in [1.165, 1.54) is 11.8 Å². The van der Waals surface area contributed by atoms with E-state index in [-0.39, 0.29) is 41.9 Å². The Hall–Kier alpha value is -2.75. The summed E-state index contributed by atoms with van der Waals surface area (Å²) in [6.07, 6.45) is 0.624. The van der Waals surface area contributed by atoms with E-state index in [0.717, 1.165) is 16.7 Å². The van der Waals surface area contributed by atoms with Crippen LogP contribution in [0.5, 0.6) is 11.5 Å². The lowest BCUT2D eigenvalue weighted by Crippen LogP contribution is -2.62. The van der Waals surface area contributed by atoms with Gasteiger partial charge in [0.2, 0.25) is 0 Å². The smallest absolute Gasteiger partial charge is 0.304 e. The van der Waals surface area contributed by atoms with Crippen LogP contribution in [0.4, 0.5) is 0 Å². The molecule has 0 saturated carbocycles. The van der Waals surface area contributed by atoms with Crippen LogP contribution in [0.3, 0.4) is 0 Å². The van der Waals surface area contributed by atoms with Crippen molar-refractivity contribution in [3.05, 3.63) is 57.6 Å². The van der Waals surface area contributed by atoms with E-state index < -0.39 is 62.4 Å². The highest BCUT2D eigenvalue weighted by atomic mass is 32.2. The van der Waals surface area contributed by atoms with E-state index in [1.807, 2.05) is 95.2 Å². The van der Waals surface area contributed by atoms with Gasteiger partial charge in [0, 0.05) is 11.2 Å². The maximum Gasteiger partial charge on any atom is 0.304 e. The average molecular weight is 727 g/mol. The zero-order valence-corrected chi connectivity index (χ0v) is 33.6. The zero-order chi connectivity index (χ0) is 38.9. The Balaban J connectivity index is 1.82. The maximum absolute atomic E-state index is 12.7. The molecule has 6 unspecified atom stereocenters. The highest BCUT2D eigenvalue weighted by Crippen LogP contribution is 2.62. The minimum absolute atomic E-state index is 0.122. The molecule has 2 saturated heterocycles. The van der Waals surface area contributed by atoms with Crippen molar-refractivity contribution in [2.45, 2.75) is 171 Å². The lowest BCUT2D eigenvalue weighted by atomic mass is 9.65. The van der Waals surface area contributed by atoms with E-state index in [9.17, 15) is 40.2 Å². The molecule has 0 aromatic heterocycles. The van der Waals surface area contributed by atoms with Gasteiger partial charge in [-0.3, -0.25) is 9.59 Å². The first-order valence-electron chi connectivity index (χ1n) is 18.3. The fourth-order valence-electron chi connectivity index (χ4n) is 8.46. The Morgan fingerprint density at radius 2 is 1.06 bits per heavy atom. The van der Waals surface area contributed by atoms with Crippen LogP contribution in [-0.2, 0) is 31.2 Å². The predicted molar refractivity (Wildman–Crippen MR) is 204 cm³/mol. The lowest BCUT2D eigenvalue weighted by Gasteiger charge is -2.57. The molecule has 2 aliphatic heterocycles. The maximum atomic E-state index is 12.7. The third-order valence-electron chi connectivity index (χ3n) is 11.3. The van der Waals surface area contributed by atoms with Crippen molar-refractivity contribution < 1.29 is 40.2 Å². The SMILES string of the molecule is CC(C)(C)c1cc(C(CC(=O)O)C2CCC3(O)SC2CCC3(O)C(CC(=O)O)c2cc(C(C)(C)C)c(O)c(C(C)(C)C)c2)cc(C(C)(C)C)c1O. The van der Waals surface area contributed by atoms with Crippen molar-refractivity contribution in [3.63, 3.8) is 0 Å². The Morgan fingerprint density at radius 3 is 1.43 bits per heavy atom. The second-order valence-electron chi connectivity index (χ2n) is 19.4. The second-order valence-corrected chi connectivity index (χ2v) is 20.9. The molecule has 6 atom stereocenters. The number of aliphatic hydroxyl groups is 2. The molecule has 8 nitrogen and oxygen atoms in total. The second kappa shape index (κ2) is 13.6. The first-order chi connectivity index (χ1) is 23.0. The van der Waals surface area contributed by atoms with Gasteiger partial charge in [0.25, 0.3) is 0 Å². The summed E-state index contributed by atoms with van der Waals surface area (Å²) in [6.45, 7) is 24.0. The Kier molecular flexibility index (Phi) is 10.9. The summed E-state index contributed by atoms with van der Waals surface area (Å²) in [7, 11) is 0. The van der Waals surface area contributed by atoms with Crippen LogP contribution in [-0.4, -0.2) is 58.4 Å². The van der Waals surface area contributed by atoms with E-state index in [4.69, 9.17) is 0 Å². The number of carboxylic acid groups (broad SMARTS) is 2. The van der Waals surface area contributed by atoms with Gasteiger partial charge in [-0.25, -0.2) is 0 Å². The molecule has 51 heavy (non-hydrogen) atoms. The van der Waals surface area contributed by atoms with Crippen LogP contribution in [0.15, 0.2) is 24.3 Å². The molecule has 2 fully saturated rings. The number of carbonyl (C=O) groups is 2. The molecule has 2 bridgehead atoms. The molecule has 9 heteroatoms. The third kappa shape index (κ3) is 8.11. The summed E-state index contributed by atoms with van der Waals surface area (Å²) in [5.74, 6) is -3.17. The molecular formula is C42H62O8S. The molecule has 2 heterocycles. The van der Waals surface area contributed by atoms with Crippen molar-refractivity contribution >= 4 is 23.7 Å². The largest absolute Gasteiger partial charge is 0.507 e. The molecule has 0 amide bonds. The number of fused-ring (bicyclic) bond motifs is 2. The lowest BCUT2D eigenvalue weighted by molar-refractivity contribution is -0.152. The Labute approximate surface area is 309 Å². The zero-order valence-electron chi connectivity index (χ0n) is 32.8. The minimum Gasteiger partial charge on any atom is -0.507 e. The Bertz CT molecular complexity index is 1580. The highest BCUT2D eigenvalue weighted by Gasteiger charge is 2.62. The first-order valence-corrected chi connectivity index (χ1v) is 19.2. The van der Waals surface area contributed by atoms with Gasteiger partial charge in [-0.2, -0.15) is 0 Å². The van der Waals surface area contributed by atoms with Crippen LogP contribution in [0, 0.1) is 5.92 Å². The van der Waals surface area contributed by atoms with Crippen molar-refractivity contribution in [3.8, 4) is 11.5 Å². The molecule has 6 N–H and O–H groups in total. The first kappa shape index (κ1) is 41.0. The summed E-state index contributed by atoms with van der Waals surface area (Å²) < 4.78 is 0. The van der Waals surface area contributed by atoms with Gasteiger partial charge in [-0.15, -0.1) is 11.8 Å². The van der Waals surface area contributed by atoms with Gasteiger partial charge in [0.15, 0.2) is 0 Å². The van der Waals surface area contributed by atoms with E-state index >= 15 is 0 Å². The number of thioether (sulfide) groups is 1. The van der Waals surface area contributed by atoms with E-state index in [2.05, 4.69) is 0 Å². The van der Waals surface area contributed by atoms with Crippen LogP contribution in [0.1, 0.15) is 167 Å². The van der Waals surface area contributed by atoms with E-state index in [0.29, 0.717) is 29.5 Å². The summed E-state index contributed by atoms with van der Waals surface area (Å²) in [5.41, 5.74) is 0.660. The van der Waals surface area contributed by atoms with Crippen molar-refractivity contribution in [2.75, 3.05) is 0 Å². The summed E-state index contributed by atoms with van der Waals surface area (Å²) in [6, 6.07) is 7.51. The number of phenols is 2. The molecule has 2 aromatic rings. The molecule has 284 valence electrons. The van der Waals surface area contributed by atoms with Crippen LogP contribution >= 0.6 is 11.8 Å². The quantitative estimate of drug-likeness (QED) is 0.157. The number of aromatic hydroxyl groups is 2. The van der Waals surface area contributed by atoms with Crippen LogP contribution < -0.4 is 0 Å². The normalized spacial score (nSPS) is 25.7. The van der Waals surface area contributed by atoms with Gasteiger partial charge in [0.1, 0.15) is 22.0 Å². The number of hydrogen-bond acceptors (Lipinski definition) is 7. The van der Waals surface area contributed by atoms with Gasteiger partial charge >= 0.3 is 11.9 Å². The number of benzene rings is 2. The summed E-state index contributed by atoms with van der Waals surface area (Å²) in [4.78, 5) is 23.2. The monoisotopic (exact) mass is 726 g/mol. The van der Waals surface area contributed by atoms with Crippen LogP contribution in [0.25, 0.3) is 0 Å². The molecule has 0 aliphatic carbocycles. The predicted octanol–water partition coefficient (Wildman–Crippen LogP) is 8.83. The fourth-order valence-corrected chi connectivity index (χ4v) is 10.4. The Morgan fingerprint density at radius 1 is 0.667 bits per heavy atom. The van der Waals surface area contributed by atoms with Gasteiger partial charge in [-0.1, -0.05) is 107 Å². The molecule has 4 rings (SSSR count). The summed E-state index contributed by atoms with van der Waals surface area (Å²) in [5, 5.41) is 68.2. The molecule has 2 aromatic carbocycles. The van der Waals surface area contributed by atoms with Gasteiger partial charge < -0.3 is 30.6 Å². The number of aliphatic carboxylic acids is 2. The summed E-state index contributed by atoms with van der Waals surface area (Å²) >= 11 is 1.26. The third-order valence-corrected chi connectivity index (χ3v) is 13.2. The van der Waals surface area contributed by atoms with Crippen molar-refractivity contribution in [2.24, 2.45) is 5.92 Å². The minimum atomic E-state index is -1.81. The van der Waals surface area contributed by atoms with Gasteiger partial charge in [-0.05, 0) is 92.6 Å².